The highest BCUT2D eigenvalue weighted by atomic mass is 32.2. The van der Waals surface area contributed by atoms with Gasteiger partial charge in [-0.05, 0) is 29.3 Å². The number of nitrogens with one attached hydrogen (secondary N) is 1. The van der Waals surface area contributed by atoms with Gasteiger partial charge in [0.15, 0.2) is 0 Å². The zero-order valence-corrected chi connectivity index (χ0v) is 12.2. The highest BCUT2D eigenvalue weighted by Gasteiger charge is 2.28. The normalized spacial score (nSPS) is 16.0. The van der Waals surface area contributed by atoms with Crippen molar-refractivity contribution in [1.29, 1.82) is 5.26 Å². The lowest BCUT2D eigenvalue weighted by atomic mass is 10.0. The molecule has 1 heterocycles. The summed E-state index contributed by atoms with van der Waals surface area (Å²) in [6.45, 7) is 0. The van der Waals surface area contributed by atoms with Gasteiger partial charge in [0, 0.05) is 16.3 Å². The number of carbonyl (C=O) groups is 1. The second-order valence-corrected chi connectivity index (χ2v) is 5.98. The molecule has 0 fully saturated rings. The van der Waals surface area contributed by atoms with Crippen LogP contribution in [0.1, 0.15) is 17.0 Å². The molecule has 0 saturated carbocycles. The molecule has 4 heteroatoms. The van der Waals surface area contributed by atoms with Gasteiger partial charge in [-0.1, -0.05) is 30.3 Å². The van der Waals surface area contributed by atoms with Gasteiger partial charge < -0.3 is 5.32 Å². The summed E-state index contributed by atoms with van der Waals surface area (Å²) < 4.78 is 0. The zero-order chi connectivity index (χ0) is 14.7. The van der Waals surface area contributed by atoms with E-state index in [-0.39, 0.29) is 11.8 Å². The van der Waals surface area contributed by atoms with Crippen molar-refractivity contribution in [2.45, 2.75) is 17.2 Å². The maximum absolute atomic E-state index is 12.4. The van der Waals surface area contributed by atoms with Crippen LogP contribution in [0.4, 0.5) is 5.69 Å². The van der Waals surface area contributed by atoms with E-state index in [2.05, 4.69) is 17.5 Å². The van der Waals surface area contributed by atoms with Crippen LogP contribution in [0.25, 0.3) is 0 Å². The van der Waals surface area contributed by atoms with Crippen LogP contribution in [-0.4, -0.2) is 11.7 Å². The number of hydrogen-bond acceptors (Lipinski definition) is 3. The van der Waals surface area contributed by atoms with Crippen LogP contribution >= 0.6 is 11.8 Å². The number of fused-ring (bicyclic) bond motifs is 1. The molecule has 1 aliphatic rings. The number of amides is 1. The SMILES string of the molecule is N#CCc1ccc(NC(=O)C2CSc3ccccc32)cc1. The van der Waals surface area contributed by atoms with Gasteiger partial charge in [0.05, 0.1) is 18.4 Å². The Bertz CT molecular complexity index is 703. The average molecular weight is 294 g/mol. The van der Waals surface area contributed by atoms with E-state index in [0.29, 0.717) is 6.42 Å². The Morgan fingerprint density at radius 2 is 2.00 bits per heavy atom. The third-order valence-corrected chi connectivity index (χ3v) is 4.70. The van der Waals surface area contributed by atoms with E-state index in [4.69, 9.17) is 5.26 Å². The molecule has 1 atom stereocenters. The maximum Gasteiger partial charge on any atom is 0.232 e. The Hall–Kier alpha value is -2.25. The largest absolute Gasteiger partial charge is 0.326 e. The van der Waals surface area contributed by atoms with Crippen LogP contribution in [-0.2, 0) is 11.2 Å². The van der Waals surface area contributed by atoms with Gasteiger partial charge in [-0.3, -0.25) is 4.79 Å². The zero-order valence-electron chi connectivity index (χ0n) is 11.4. The third kappa shape index (κ3) is 2.93. The minimum atomic E-state index is -0.0926. The van der Waals surface area contributed by atoms with Crippen LogP contribution in [0.3, 0.4) is 0 Å². The van der Waals surface area contributed by atoms with Crippen molar-refractivity contribution in [1.82, 2.24) is 0 Å². The molecule has 1 unspecified atom stereocenters. The van der Waals surface area contributed by atoms with Crippen molar-refractivity contribution in [3.8, 4) is 6.07 Å². The van der Waals surface area contributed by atoms with Gasteiger partial charge in [-0.15, -0.1) is 11.8 Å². The van der Waals surface area contributed by atoms with E-state index in [1.807, 2.05) is 42.5 Å². The van der Waals surface area contributed by atoms with E-state index in [9.17, 15) is 4.79 Å². The Balaban J connectivity index is 1.71. The van der Waals surface area contributed by atoms with Crippen molar-refractivity contribution in [2.24, 2.45) is 0 Å². The molecule has 1 aliphatic heterocycles. The molecule has 1 N–H and O–H groups in total. The molecule has 3 rings (SSSR count). The lowest BCUT2D eigenvalue weighted by Gasteiger charge is -2.11. The molecule has 0 bridgehead atoms. The first-order valence-electron chi connectivity index (χ1n) is 6.76. The fourth-order valence-corrected chi connectivity index (χ4v) is 3.64. The fourth-order valence-electron chi connectivity index (χ4n) is 2.41. The Morgan fingerprint density at radius 1 is 1.24 bits per heavy atom. The number of nitrogens with zero attached hydrogens (tertiary/aromatic N) is 1. The Morgan fingerprint density at radius 3 is 2.76 bits per heavy atom. The van der Waals surface area contributed by atoms with Crippen molar-refractivity contribution < 1.29 is 4.79 Å². The highest BCUT2D eigenvalue weighted by molar-refractivity contribution is 7.99. The van der Waals surface area contributed by atoms with E-state index < -0.39 is 0 Å². The molecule has 0 radical (unpaired) electrons. The molecule has 104 valence electrons. The predicted octanol–water partition coefficient (Wildman–Crippen LogP) is 3.58. The molecule has 21 heavy (non-hydrogen) atoms. The van der Waals surface area contributed by atoms with Crippen LogP contribution in [0.5, 0.6) is 0 Å². The number of carbonyl (C=O) groups excluding carboxylic acids is 1. The second kappa shape index (κ2) is 6.02. The molecule has 2 aromatic rings. The molecule has 0 aromatic heterocycles. The number of thioether (sulfide) groups is 1. The highest BCUT2D eigenvalue weighted by Crippen LogP contribution is 2.39. The predicted molar refractivity (Wildman–Crippen MR) is 84.3 cm³/mol. The van der Waals surface area contributed by atoms with Crippen LogP contribution in [0.2, 0.25) is 0 Å². The molecule has 0 aliphatic carbocycles. The molecular formula is C17H14N2OS. The van der Waals surface area contributed by atoms with Gasteiger partial charge in [0.25, 0.3) is 0 Å². The van der Waals surface area contributed by atoms with Crippen LogP contribution < -0.4 is 5.32 Å². The van der Waals surface area contributed by atoms with Gasteiger partial charge in [-0.25, -0.2) is 0 Å². The summed E-state index contributed by atoms with van der Waals surface area (Å²) in [6, 6.07) is 17.6. The van der Waals surface area contributed by atoms with Crippen molar-refractivity contribution in [3.63, 3.8) is 0 Å². The number of nitriles is 1. The number of rotatable bonds is 3. The summed E-state index contributed by atoms with van der Waals surface area (Å²) in [5.41, 5.74) is 2.84. The van der Waals surface area contributed by atoms with E-state index in [1.54, 1.807) is 11.8 Å². The fraction of sp³-hybridized carbons (Fsp3) is 0.176. The van der Waals surface area contributed by atoms with Crippen LogP contribution in [0, 0.1) is 11.3 Å². The summed E-state index contributed by atoms with van der Waals surface area (Å²) >= 11 is 1.73. The first-order valence-corrected chi connectivity index (χ1v) is 7.75. The van der Waals surface area contributed by atoms with Gasteiger partial charge in [0.2, 0.25) is 5.91 Å². The van der Waals surface area contributed by atoms with Crippen molar-refractivity contribution in [2.75, 3.05) is 11.1 Å². The number of hydrogen-bond donors (Lipinski definition) is 1. The number of anilines is 1. The quantitative estimate of drug-likeness (QED) is 0.941. The van der Waals surface area contributed by atoms with E-state index in [1.165, 1.54) is 4.90 Å². The molecule has 1 amide bonds. The monoisotopic (exact) mass is 294 g/mol. The number of benzene rings is 2. The van der Waals surface area contributed by atoms with Gasteiger partial charge in [-0.2, -0.15) is 5.26 Å². The smallest absolute Gasteiger partial charge is 0.232 e. The standard InChI is InChI=1S/C17H14N2OS/c18-10-9-12-5-7-13(8-6-12)19-17(20)15-11-21-16-4-2-1-3-14(15)16/h1-8,15H,9,11H2,(H,19,20). The molecule has 0 saturated heterocycles. The summed E-state index contributed by atoms with van der Waals surface area (Å²) in [4.78, 5) is 13.6. The second-order valence-electron chi connectivity index (χ2n) is 4.92. The Kier molecular flexibility index (Phi) is 3.94. The maximum atomic E-state index is 12.4. The van der Waals surface area contributed by atoms with E-state index >= 15 is 0 Å². The lowest BCUT2D eigenvalue weighted by molar-refractivity contribution is -0.117. The Labute approximate surface area is 128 Å². The van der Waals surface area contributed by atoms with Crippen molar-refractivity contribution in [3.05, 3.63) is 59.7 Å². The topological polar surface area (TPSA) is 52.9 Å². The summed E-state index contributed by atoms with van der Waals surface area (Å²) in [5, 5.41) is 11.6. The van der Waals surface area contributed by atoms with Crippen molar-refractivity contribution >= 4 is 23.4 Å². The molecular weight excluding hydrogens is 280 g/mol. The third-order valence-electron chi connectivity index (χ3n) is 3.52. The van der Waals surface area contributed by atoms with Gasteiger partial charge in [0.1, 0.15) is 0 Å². The first kappa shape index (κ1) is 13.7. The molecule has 2 aromatic carbocycles. The van der Waals surface area contributed by atoms with Crippen LogP contribution in [0.15, 0.2) is 53.4 Å². The van der Waals surface area contributed by atoms with Gasteiger partial charge >= 0.3 is 0 Å². The first-order chi connectivity index (χ1) is 10.3. The minimum Gasteiger partial charge on any atom is -0.326 e. The summed E-state index contributed by atoms with van der Waals surface area (Å²) in [6.07, 6.45) is 0.390. The average Bonchev–Trinajstić information content (AvgIpc) is 2.93. The molecule has 3 nitrogen and oxygen atoms in total. The lowest BCUT2D eigenvalue weighted by Crippen LogP contribution is -2.20. The summed E-state index contributed by atoms with van der Waals surface area (Å²) in [5.74, 6) is 0.725. The summed E-state index contributed by atoms with van der Waals surface area (Å²) in [7, 11) is 0. The van der Waals surface area contributed by atoms with E-state index in [0.717, 1.165) is 22.6 Å². The molecule has 0 spiro atoms. The minimum absolute atomic E-state index is 0.0282.